The summed E-state index contributed by atoms with van der Waals surface area (Å²) in [6, 6.07) is 0. The Hall–Kier alpha value is -0.770. The molecule has 0 aliphatic carbocycles. The predicted molar refractivity (Wildman–Crippen MR) is 24.4 cm³/mol. The zero-order valence-corrected chi connectivity index (χ0v) is 4.07. The van der Waals surface area contributed by atoms with Gasteiger partial charge in [0.15, 0.2) is 0 Å². The van der Waals surface area contributed by atoms with Crippen molar-refractivity contribution in [2.75, 3.05) is 0 Å². The lowest BCUT2D eigenvalue weighted by molar-refractivity contribution is 0.513. The maximum absolute atomic E-state index is 9.78. The summed E-state index contributed by atoms with van der Waals surface area (Å²) in [6.45, 7) is 0. The van der Waals surface area contributed by atoms with Crippen LogP contribution in [0.5, 0.6) is 0 Å². The van der Waals surface area contributed by atoms with Gasteiger partial charge in [0.1, 0.15) is 0 Å². The fourth-order valence-corrected chi connectivity index (χ4v) is 0.180. The number of hydrogen-bond acceptors (Lipinski definition) is 3. The third kappa shape index (κ3) is 1.41. The first-order valence-electron chi connectivity index (χ1n) is 1.38. The van der Waals surface area contributed by atoms with E-state index in [0.717, 1.165) is 6.39 Å². The number of aromatic nitrogens is 2. The van der Waals surface area contributed by atoms with Gasteiger partial charge in [-0.05, 0) is 0 Å². The molecule has 1 N–H and O–H groups in total. The quantitative estimate of drug-likeness (QED) is 0.518. The molecule has 0 aliphatic rings. The van der Waals surface area contributed by atoms with Crippen LogP contribution >= 0.6 is 12.4 Å². The van der Waals surface area contributed by atoms with Crippen LogP contribution in [-0.4, -0.2) is 10.2 Å². The highest BCUT2D eigenvalue weighted by atomic mass is 35.5. The molecule has 0 aliphatic heterocycles. The van der Waals surface area contributed by atoms with Crippen LogP contribution in [0.2, 0.25) is 0 Å². The van der Waals surface area contributed by atoms with E-state index >= 15 is 0 Å². The molecule has 0 fully saturated rings. The Morgan fingerprint density at radius 3 is 2.71 bits per heavy atom. The van der Waals surface area contributed by atoms with E-state index in [1.54, 1.807) is 0 Å². The number of rotatable bonds is 0. The molecule has 1 aromatic heterocycles. The normalized spacial score (nSPS) is 7.43. The number of nitrogens with zero attached hydrogens (tertiary/aromatic N) is 1. The van der Waals surface area contributed by atoms with E-state index in [-0.39, 0.29) is 12.4 Å². The van der Waals surface area contributed by atoms with E-state index in [1.807, 2.05) is 5.10 Å². The number of aromatic amines is 1. The summed E-state index contributed by atoms with van der Waals surface area (Å²) < 4.78 is 4.11. The summed E-state index contributed by atoms with van der Waals surface area (Å²) >= 11 is 0. The number of halogens is 1. The standard InChI is InChI=1S/C2H2N2O2.ClH/c5-2-4-3-1-6-2;/h1H,(H,4,5);1H. The molecular formula is C2H3ClN2O2. The molecule has 5 heteroatoms. The summed E-state index contributed by atoms with van der Waals surface area (Å²) in [6.07, 6.45) is 1.04. The molecule has 40 valence electrons. The summed E-state index contributed by atoms with van der Waals surface area (Å²) in [7, 11) is 0. The van der Waals surface area contributed by atoms with E-state index in [9.17, 15) is 4.79 Å². The predicted octanol–water partition coefficient (Wildman–Crippen LogP) is -0.215. The van der Waals surface area contributed by atoms with Gasteiger partial charge in [-0.15, -0.1) is 17.5 Å². The average molecular weight is 123 g/mol. The third-order valence-corrected chi connectivity index (χ3v) is 0.368. The Kier molecular flexibility index (Phi) is 2.15. The largest absolute Gasteiger partial charge is 0.434 e. The van der Waals surface area contributed by atoms with Crippen molar-refractivity contribution in [2.45, 2.75) is 0 Å². The smallest absolute Gasteiger partial charge is 0.395 e. The summed E-state index contributed by atoms with van der Waals surface area (Å²) in [5.74, 6) is -0.519. The highest BCUT2D eigenvalue weighted by Crippen LogP contribution is 1.53. The molecule has 0 spiro atoms. The Morgan fingerprint density at radius 2 is 2.57 bits per heavy atom. The van der Waals surface area contributed by atoms with Crippen LogP contribution in [-0.2, 0) is 0 Å². The fourth-order valence-electron chi connectivity index (χ4n) is 0.180. The van der Waals surface area contributed by atoms with Gasteiger partial charge in [0.2, 0.25) is 6.39 Å². The number of H-pyrrole nitrogens is 1. The summed E-state index contributed by atoms with van der Waals surface area (Å²) in [5, 5.41) is 5.25. The van der Waals surface area contributed by atoms with Crippen molar-refractivity contribution in [3.05, 3.63) is 16.9 Å². The fraction of sp³-hybridized carbons (Fsp3) is 0. The SMILES string of the molecule is Cl.O=c1[nH]nco1. The Morgan fingerprint density at radius 1 is 1.86 bits per heavy atom. The first-order chi connectivity index (χ1) is 2.89. The highest BCUT2D eigenvalue weighted by Gasteiger charge is 1.74. The van der Waals surface area contributed by atoms with Gasteiger partial charge in [-0.3, -0.25) is 0 Å². The molecule has 7 heavy (non-hydrogen) atoms. The van der Waals surface area contributed by atoms with Crippen molar-refractivity contribution in [3.8, 4) is 0 Å². The molecule has 0 unspecified atom stereocenters. The second kappa shape index (κ2) is 2.41. The van der Waals surface area contributed by atoms with Crippen molar-refractivity contribution in [3.63, 3.8) is 0 Å². The van der Waals surface area contributed by atoms with Crippen molar-refractivity contribution < 1.29 is 4.42 Å². The molecular weight excluding hydrogens is 119 g/mol. The lowest BCUT2D eigenvalue weighted by Crippen LogP contribution is -1.93. The van der Waals surface area contributed by atoms with Crippen LogP contribution in [0, 0.1) is 0 Å². The molecule has 1 heterocycles. The van der Waals surface area contributed by atoms with Gasteiger partial charge in [-0.2, -0.15) is 0 Å². The molecule has 1 aromatic rings. The Bertz CT molecular complexity index is 151. The lowest BCUT2D eigenvalue weighted by Gasteiger charge is -1.48. The van der Waals surface area contributed by atoms with Gasteiger partial charge in [-0.25, -0.2) is 9.89 Å². The van der Waals surface area contributed by atoms with Crippen molar-refractivity contribution in [1.29, 1.82) is 0 Å². The van der Waals surface area contributed by atoms with Crippen LogP contribution < -0.4 is 5.76 Å². The molecule has 0 saturated carbocycles. The second-order valence-electron chi connectivity index (χ2n) is 0.752. The molecule has 0 amide bonds. The minimum absolute atomic E-state index is 0. The average Bonchev–Trinajstić information content (AvgIpc) is 1.86. The van der Waals surface area contributed by atoms with Gasteiger partial charge >= 0.3 is 5.76 Å². The number of nitrogens with one attached hydrogen (secondary N) is 1. The molecule has 4 nitrogen and oxygen atoms in total. The van der Waals surface area contributed by atoms with Crippen LogP contribution in [0.25, 0.3) is 0 Å². The van der Waals surface area contributed by atoms with E-state index in [0.29, 0.717) is 0 Å². The van der Waals surface area contributed by atoms with Gasteiger partial charge in [0, 0.05) is 0 Å². The maximum Gasteiger partial charge on any atom is 0.434 e. The highest BCUT2D eigenvalue weighted by molar-refractivity contribution is 5.85. The lowest BCUT2D eigenvalue weighted by atomic mass is 11.4. The molecule has 0 aromatic carbocycles. The van der Waals surface area contributed by atoms with Crippen LogP contribution in [0.4, 0.5) is 0 Å². The zero-order valence-electron chi connectivity index (χ0n) is 3.25. The Labute approximate surface area is 44.9 Å². The van der Waals surface area contributed by atoms with E-state index in [1.165, 1.54) is 0 Å². The number of hydrogen-bond donors (Lipinski definition) is 1. The molecule has 0 atom stereocenters. The maximum atomic E-state index is 9.78. The van der Waals surface area contributed by atoms with Crippen LogP contribution in [0.15, 0.2) is 15.6 Å². The minimum atomic E-state index is -0.519. The van der Waals surface area contributed by atoms with Crippen LogP contribution in [0.1, 0.15) is 0 Å². The molecule has 0 radical (unpaired) electrons. The van der Waals surface area contributed by atoms with Crippen molar-refractivity contribution in [1.82, 2.24) is 10.2 Å². The van der Waals surface area contributed by atoms with E-state index in [4.69, 9.17) is 0 Å². The van der Waals surface area contributed by atoms with Crippen molar-refractivity contribution >= 4 is 12.4 Å². The first kappa shape index (κ1) is 6.23. The van der Waals surface area contributed by atoms with Crippen molar-refractivity contribution in [2.24, 2.45) is 0 Å². The second-order valence-corrected chi connectivity index (χ2v) is 0.752. The third-order valence-electron chi connectivity index (χ3n) is 0.368. The minimum Gasteiger partial charge on any atom is -0.395 e. The topological polar surface area (TPSA) is 58.9 Å². The molecule has 0 saturated heterocycles. The van der Waals surface area contributed by atoms with E-state index < -0.39 is 5.76 Å². The van der Waals surface area contributed by atoms with Gasteiger partial charge in [0.25, 0.3) is 0 Å². The Balaban J connectivity index is 0.000000360. The summed E-state index contributed by atoms with van der Waals surface area (Å²) in [4.78, 5) is 9.78. The van der Waals surface area contributed by atoms with Crippen LogP contribution in [0.3, 0.4) is 0 Å². The van der Waals surface area contributed by atoms with Gasteiger partial charge < -0.3 is 4.42 Å². The molecule has 0 bridgehead atoms. The van der Waals surface area contributed by atoms with Gasteiger partial charge in [-0.1, -0.05) is 0 Å². The van der Waals surface area contributed by atoms with E-state index in [2.05, 4.69) is 9.52 Å². The summed E-state index contributed by atoms with van der Waals surface area (Å²) in [5.41, 5.74) is 0. The monoisotopic (exact) mass is 122 g/mol. The molecule has 1 rings (SSSR count). The zero-order chi connectivity index (χ0) is 4.41. The first-order valence-corrected chi connectivity index (χ1v) is 1.38. The van der Waals surface area contributed by atoms with Gasteiger partial charge in [0.05, 0.1) is 0 Å².